The topological polar surface area (TPSA) is 41.8 Å². The van der Waals surface area contributed by atoms with Gasteiger partial charge in [-0.25, -0.2) is 4.39 Å². The Kier molecular flexibility index (Phi) is 4.35. The molecule has 0 atom stereocenters. The van der Waals surface area contributed by atoms with Gasteiger partial charge in [0.15, 0.2) is 0 Å². The number of halogens is 1. The van der Waals surface area contributed by atoms with Crippen molar-refractivity contribution in [2.75, 3.05) is 0 Å². The largest absolute Gasteiger partial charge is 0.508 e. The predicted molar refractivity (Wildman–Crippen MR) is 76.2 cm³/mol. The van der Waals surface area contributed by atoms with Gasteiger partial charge in [0.1, 0.15) is 18.2 Å². The first-order valence-electron chi connectivity index (χ1n) is 6.27. The lowest BCUT2D eigenvalue weighted by Gasteiger charge is -2.05. The van der Waals surface area contributed by atoms with Crippen LogP contribution in [0.15, 0.2) is 47.6 Å². The van der Waals surface area contributed by atoms with Crippen LogP contribution < -0.4 is 0 Å². The second-order valence-corrected chi connectivity index (χ2v) is 4.58. The van der Waals surface area contributed by atoms with E-state index in [1.807, 2.05) is 19.1 Å². The van der Waals surface area contributed by atoms with E-state index in [-0.39, 0.29) is 18.2 Å². The Morgan fingerprint density at radius 3 is 2.75 bits per heavy atom. The number of hydrogen-bond donors (Lipinski definition) is 1. The fraction of sp³-hybridized carbons (Fsp3) is 0.188. The van der Waals surface area contributed by atoms with Gasteiger partial charge in [-0.15, -0.1) is 0 Å². The molecule has 3 nitrogen and oxygen atoms in total. The summed E-state index contributed by atoms with van der Waals surface area (Å²) in [5, 5.41) is 13.6. The Hall–Kier alpha value is -2.36. The lowest BCUT2D eigenvalue weighted by Crippen LogP contribution is -1.97. The normalized spacial score (nSPS) is 11.4. The molecule has 0 aromatic heterocycles. The van der Waals surface area contributed by atoms with Crippen LogP contribution in [0.5, 0.6) is 5.75 Å². The van der Waals surface area contributed by atoms with Gasteiger partial charge in [0.25, 0.3) is 0 Å². The van der Waals surface area contributed by atoms with E-state index in [9.17, 15) is 9.50 Å². The van der Waals surface area contributed by atoms with E-state index in [4.69, 9.17) is 4.84 Å². The van der Waals surface area contributed by atoms with Crippen molar-refractivity contribution in [3.63, 3.8) is 0 Å². The Morgan fingerprint density at radius 2 is 2.05 bits per heavy atom. The quantitative estimate of drug-likeness (QED) is 0.680. The third kappa shape index (κ3) is 3.57. The molecule has 0 aliphatic carbocycles. The summed E-state index contributed by atoms with van der Waals surface area (Å²) in [6.07, 6.45) is 0. The molecule has 4 heteroatoms. The summed E-state index contributed by atoms with van der Waals surface area (Å²) in [6.45, 7) is 3.81. The molecule has 0 saturated heterocycles. The minimum atomic E-state index is -0.296. The number of aromatic hydroxyl groups is 1. The average Bonchev–Trinajstić information content (AvgIpc) is 2.42. The molecule has 0 saturated carbocycles. The molecule has 2 aromatic carbocycles. The summed E-state index contributed by atoms with van der Waals surface area (Å²) in [7, 11) is 0. The van der Waals surface area contributed by atoms with Crippen LogP contribution in [-0.4, -0.2) is 10.8 Å². The van der Waals surface area contributed by atoms with Gasteiger partial charge in [0.2, 0.25) is 0 Å². The van der Waals surface area contributed by atoms with Gasteiger partial charge in [-0.1, -0.05) is 29.4 Å². The summed E-state index contributed by atoms with van der Waals surface area (Å²) < 4.78 is 13.0. The van der Waals surface area contributed by atoms with Crippen molar-refractivity contribution in [3.8, 4) is 5.75 Å². The van der Waals surface area contributed by atoms with Gasteiger partial charge >= 0.3 is 0 Å². The molecular weight excluding hydrogens is 257 g/mol. The zero-order valence-corrected chi connectivity index (χ0v) is 11.4. The van der Waals surface area contributed by atoms with Crippen molar-refractivity contribution < 1.29 is 14.3 Å². The van der Waals surface area contributed by atoms with Gasteiger partial charge in [0.05, 0.1) is 5.71 Å². The lowest BCUT2D eigenvalue weighted by molar-refractivity contribution is 0.130. The molecule has 2 rings (SSSR count). The van der Waals surface area contributed by atoms with Crippen LogP contribution in [0.4, 0.5) is 4.39 Å². The highest BCUT2D eigenvalue weighted by Crippen LogP contribution is 2.18. The number of aryl methyl sites for hydroxylation is 1. The molecule has 0 spiro atoms. The molecule has 20 heavy (non-hydrogen) atoms. The number of phenols is 1. The van der Waals surface area contributed by atoms with Crippen LogP contribution in [0, 0.1) is 12.7 Å². The van der Waals surface area contributed by atoms with Crippen LogP contribution in [-0.2, 0) is 11.4 Å². The highest BCUT2D eigenvalue weighted by Gasteiger charge is 2.02. The summed E-state index contributed by atoms with van der Waals surface area (Å²) >= 11 is 0. The summed E-state index contributed by atoms with van der Waals surface area (Å²) in [5.41, 5.74) is 2.96. The highest BCUT2D eigenvalue weighted by atomic mass is 19.1. The third-order valence-electron chi connectivity index (χ3n) is 2.95. The van der Waals surface area contributed by atoms with Crippen molar-refractivity contribution in [2.45, 2.75) is 20.5 Å². The maximum Gasteiger partial charge on any atom is 0.142 e. The van der Waals surface area contributed by atoms with Gasteiger partial charge in [0, 0.05) is 5.56 Å². The molecule has 0 aliphatic rings. The first-order valence-corrected chi connectivity index (χ1v) is 6.27. The summed E-state index contributed by atoms with van der Waals surface area (Å²) in [5.74, 6) is -0.0718. The Morgan fingerprint density at radius 1 is 1.25 bits per heavy atom. The molecule has 2 aromatic rings. The molecule has 0 bridgehead atoms. The standard InChI is InChI=1S/C16H16FNO2/c1-11-6-7-14(9-16(11)19)12(2)18-20-10-13-4-3-5-15(17)8-13/h3-9,19H,10H2,1-2H3/b18-12+. The van der Waals surface area contributed by atoms with E-state index in [1.54, 1.807) is 25.1 Å². The SMILES string of the molecule is C/C(=N\OCc1cccc(F)c1)c1ccc(C)c(O)c1. The van der Waals surface area contributed by atoms with Crippen molar-refractivity contribution in [1.82, 2.24) is 0 Å². The molecule has 0 amide bonds. The van der Waals surface area contributed by atoms with Gasteiger partial charge in [-0.05, 0) is 43.2 Å². The first-order chi connectivity index (χ1) is 9.56. The number of oxime groups is 1. The number of phenolic OH excluding ortho intramolecular Hbond substituents is 1. The van der Waals surface area contributed by atoms with Crippen molar-refractivity contribution in [1.29, 1.82) is 0 Å². The zero-order chi connectivity index (χ0) is 14.5. The highest BCUT2D eigenvalue weighted by molar-refractivity contribution is 5.98. The molecule has 0 heterocycles. The van der Waals surface area contributed by atoms with Crippen LogP contribution >= 0.6 is 0 Å². The molecule has 1 N–H and O–H groups in total. The van der Waals surface area contributed by atoms with Crippen LogP contribution in [0.3, 0.4) is 0 Å². The van der Waals surface area contributed by atoms with E-state index in [0.29, 0.717) is 11.3 Å². The fourth-order valence-corrected chi connectivity index (χ4v) is 1.72. The first kappa shape index (κ1) is 14.1. The maximum atomic E-state index is 13.0. The van der Waals surface area contributed by atoms with Gasteiger partial charge < -0.3 is 9.94 Å². The van der Waals surface area contributed by atoms with E-state index >= 15 is 0 Å². The van der Waals surface area contributed by atoms with E-state index in [2.05, 4.69) is 5.16 Å². The van der Waals surface area contributed by atoms with E-state index < -0.39 is 0 Å². The van der Waals surface area contributed by atoms with E-state index in [1.165, 1.54) is 12.1 Å². The summed E-state index contributed by atoms with van der Waals surface area (Å²) in [6, 6.07) is 11.5. The van der Waals surface area contributed by atoms with E-state index in [0.717, 1.165) is 11.1 Å². The zero-order valence-electron chi connectivity index (χ0n) is 11.4. The minimum Gasteiger partial charge on any atom is -0.508 e. The third-order valence-corrected chi connectivity index (χ3v) is 2.95. The van der Waals surface area contributed by atoms with Crippen LogP contribution in [0.25, 0.3) is 0 Å². The number of rotatable bonds is 4. The predicted octanol–water partition coefficient (Wildman–Crippen LogP) is 3.78. The lowest BCUT2D eigenvalue weighted by atomic mass is 10.1. The van der Waals surface area contributed by atoms with Crippen LogP contribution in [0.1, 0.15) is 23.6 Å². The fourth-order valence-electron chi connectivity index (χ4n) is 1.72. The number of hydrogen-bond acceptors (Lipinski definition) is 3. The second kappa shape index (κ2) is 6.19. The summed E-state index contributed by atoms with van der Waals surface area (Å²) in [4.78, 5) is 5.20. The number of benzene rings is 2. The number of nitrogens with zero attached hydrogens (tertiary/aromatic N) is 1. The van der Waals surface area contributed by atoms with Gasteiger partial charge in [-0.2, -0.15) is 0 Å². The van der Waals surface area contributed by atoms with Crippen molar-refractivity contribution in [3.05, 3.63) is 65.0 Å². The Labute approximate surface area is 117 Å². The second-order valence-electron chi connectivity index (χ2n) is 4.58. The molecule has 0 unspecified atom stereocenters. The smallest absolute Gasteiger partial charge is 0.142 e. The van der Waals surface area contributed by atoms with Crippen LogP contribution in [0.2, 0.25) is 0 Å². The monoisotopic (exact) mass is 273 g/mol. The molecule has 0 fully saturated rings. The molecule has 104 valence electrons. The van der Waals surface area contributed by atoms with Crippen molar-refractivity contribution in [2.24, 2.45) is 5.16 Å². The molecular formula is C16H16FNO2. The Bertz CT molecular complexity index is 638. The molecule has 0 aliphatic heterocycles. The molecule has 0 radical (unpaired) electrons. The van der Waals surface area contributed by atoms with Crippen molar-refractivity contribution >= 4 is 5.71 Å². The average molecular weight is 273 g/mol. The van der Waals surface area contributed by atoms with Gasteiger partial charge in [-0.3, -0.25) is 0 Å². The maximum absolute atomic E-state index is 13.0. The minimum absolute atomic E-state index is 0.201. The Balaban J connectivity index is 2.02.